The lowest BCUT2D eigenvalue weighted by molar-refractivity contribution is 0.150. The number of halogens is 1. The summed E-state index contributed by atoms with van der Waals surface area (Å²) in [5, 5.41) is 9.88. The second-order valence-electron chi connectivity index (χ2n) is 3.73. The third-order valence-corrected chi connectivity index (χ3v) is 2.53. The lowest BCUT2D eigenvalue weighted by atomic mass is 10.1. The predicted molar refractivity (Wildman–Crippen MR) is 62.1 cm³/mol. The van der Waals surface area contributed by atoms with E-state index in [1.54, 1.807) is 30.5 Å². The molecule has 1 N–H and O–H groups in total. The summed E-state index contributed by atoms with van der Waals surface area (Å²) < 4.78 is 14.7. The van der Waals surface area contributed by atoms with E-state index in [2.05, 4.69) is 0 Å². The van der Waals surface area contributed by atoms with Crippen molar-refractivity contribution in [2.24, 2.45) is 0 Å². The molecule has 0 spiro atoms. The van der Waals surface area contributed by atoms with E-state index >= 15 is 0 Å². The Bertz CT molecular complexity index is 565. The first kappa shape index (κ1) is 11.5. The van der Waals surface area contributed by atoms with Crippen molar-refractivity contribution in [2.75, 3.05) is 0 Å². The highest BCUT2D eigenvalue weighted by Gasteiger charge is 2.12. The van der Waals surface area contributed by atoms with Gasteiger partial charge in [0.2, 0.25) is 0 Å². The van der Waals surface area contributed by atoms with E-state index < -0.39 is 11.9 Å². The van der Waals surface area contributed by atoms with Crippen molar-refractivity contribution in [2.45, 2.75) is 12.6 Å². The van der Waals surface area contributed by atoms with Crippen molar-refractivity contribution < 1.29 is 9.50 Å². The van der Waals surface area contributed by atoms with E-state index in [0.717, 1.165) is 0 Å². The summed E-state index contributed by atoms with van der Waals surface area (Å²) in [5.74, 6) is -0.469. The zero-order chi connectivity index (χ0) is 12.3. The Kier molecular flexibility index (Phi) is 3.35. The molecule has 0 amide bonds. The van der Waals surface area contributed by atoms with Crippen LogP contribution in [0.1, 0.15) is 11.7 Å². The van der Waals surface area contributed by atoms with Gasteiger partial charge in [0.05, 0.1) is 12.6 Å². The molecule has 0 aliphatic rings. The molecule has 0 saturated heterocycles. The zero-order valence-electron chi connectivity index (χ0n) is 9.08. The molecule has 2 rings (SSSR count). The molecule has 1 aromatic carbocycles. The van der Waals surface area contributed by atoms with E-state index in [0.29, 0.717) is 0 Å². The molecule has 1 unspecified atom stereocenters. The highest BCUT2D eigenvalue weighted by atomic mass is 19.1. The fourth-order valence-corrected chi connectivity index (χ4v) is 1.64. The predicted octanol–water partition coefficient (Wildman–Crippen LogP) is 1.72. The van der Waals surface area contributed by atoms with Gasteiger partial charge < -0.3 is 9.67 Å². The summed E-state index contributed by atoms with van der Waals surface area (Å²) in [6, 6.07) is 10.7. The number of aliphatic hydroxyl groups is 1. The van der Waals surface area contributed by atoms with Gasteiger partial charge in [-0.05, 0) is 12.1 Å². The third-order valence-electron chi connectivity index (χ3n) is 2.53. The van der Waals surface area contributed by atoms with Gasteiger partial charge in [0.15, 0.2) is 0 Å². The van der Waals surface area contributed by atoms with Crippen LogP contribution in [0.4, 0.5) is 4.39 Å². The Morgan fingerprint density at radius 3 is 2.59 bits per heavy atom. The van der Waals surface area contributed by atoms with Gasteiger partial charge in [-0.15, -0.1) is 0 Å². The molecule has 3 nitrogen and oxygen atoms in total. The monoisotopic (exact) mass is 233 g/mol. The number of benzene rings is 1. The Labute approximate surface area is 97.8 Å². The van der Waals surface area contributed by atoms with Crippen LogP contribution in [-0.4, -0.2) is 9.67 Å². The summed E-state index contributed by atoms with van der Waals surface area (Å²) in [6.45, 7) is 0.0423. The molecule has 1 aromatic heterocycles. The summed E-state index contributed by atoms with van der Waals surface area (Å²) in [4.78, 5) is 11.4. The molecule has 0 aliphatic heterocycles. The van der Waals surface area contributed by atoms with Crippen molar-refractivity contribution in [1.29, 1.82) is 0 Å². The molecular weight excluding hydrogens is 221 g/mol. The maximum absolute atomic E-state index is 13.4. The number of pyridine rings is 1. The minimum Gasteiger partial charge on any atom is -0.386 e. The van der Waals surface area contributed by atoms with Crippen LogP contribution >= 0.6 is 0 Å². The maximum Gasteiger partial charge on any atom is 0.250 e. The lowest BCUT2D eigenvalue weighted by Gasteiger charge is -2.13. The van der Waals surface area contributed by atoms with E-state index in [-0.39, 0.29) is 17.7 Å². The number of nitrogens with zero attached hydrogens (tertiary/aromatic N) is 1. The van der Waals surface area contributed by atoms with E-state index in [1.807, 2.05) is 0 Å². The van der Waals surface area contributed by atoms with Crippen molar-refractivity contribution in [1.82, 2.24) is 4.57 Å². The SMILES string of the molecule is O=c1ccccn1CC(O)c1ccccc1F. The Hall–Kier alpha value is -1.94. The topological polar surface area (TPSA) is 42.2 Å². The number of rotatable bonds is 3. The summed E-state index contributed by atoms with van der Waals surface area (Å²) in [7, 11) is 0. The zero-order valence-corrected chi connectivity index (χ0v) is 9.08. The first-order chi connectivity index (χ1) is 8.18. The fraction of sp³-hybridized carbons (Fsp3) is 0.154. The summed E-state index contributed by atoms with van der Waals surface area (Å²) in [6.07, 6.45) is 0.531. The molecule has 1 heterocycles. The quantitative estimate of drug-likeness (QED) is 0.877. The Morgan fingerprint density at radius 1 is 1.18 bits per heavy atom. The van der Waals surface area contributed by atoms with Crippen molar-refractivity contribution >= 4 is 0 Å². The van der Waals surface area contributed by atoms with Gasteiger partial charge in [-0.1, -0.05) is 24.3 Å². The largest absolute Gasteiger partial charge is 0.386 e. The molecule has 88 valence electrons. The highest BCUT2D eigenvalue weighted by molar-refractivity contribution is 5.19. The van der Waals surface area contributed by atoms with Crippen molar-refractivity contribution in [3.05, 3.63) is 70.4 Å². The normalized spacial score (nSPS) is 12.4. The minimum absolute atomic E-state index is 0.0423. The van der Waals surface area contributed by atoms with Gasteiger partial charge in [0, 0.05) is 17.8 Å². The molecule has 0 bridgehead atoms. The number of hydrogen-bond donors (Lipinski definition) is 1. The van der Waals surface area contributed by atoms with Crippen LogP contribution in [0.5, 0.6) is 0 Å². The van der Waals surface area contributed by atoms with Crippen LogP contribution in [-0.2, 0) is 6.54 Å². The highest BCUT2D eigenvalue weighted by Crippen LogP contribution is 2.17. The summed E-state index contributed by atoms with van der Waals surface area (Å²) >= 11 is 0. The fourth-order valence-electron chi connectivity index (χ4n) is 1.64. The van der Waals surface area contributed by atoms with Gasteiger partial charge in [-0.2, -0.15) is 0 Å². The number of hydrogen-bond acceptors (Lipinski definition) is 2. The Morgan fingerprint density at radius 2 is 1.88 bits per heavy atom. The van der Waals surface area contributed by atoms with Gasteiger partial charge in [-0.3, -0.25) is 4.79 Å². The molecular formula is C13H12FNO2. The van der Waals surface area contributed by atoms with Crippen LogP contribution in [0.2, 0.25) is 0 Å². The molecule has 17 heavy (non-hydrogen) atoms. The first-order valence-electron chi connectivity index (χ1n) is 5.26. The van der Waals surface area contributed by atoms with E-state index in [9.17, 15) is 14.3 Å². The molecule has 0 fully saturated rings. The molecule has 2 aromatic rings. The molecule has 4 heteroatoms. The van der Waals surface area contributed by atoms with Crippen molar-refractivity contribution in [3.63, 3.8) is 0 Å². The number of aliphatic hydroxyl groups excluding tert-OH is 1. The standard InChI is InChI=1S/C13H12FNO2/c14-11-6-2-1-5-10(11)12(16)9-15-8-4-3-7-13(15)17/h1-8,12,16H,9H2. The van der Waals surface area contributed by atoms with Gasteiger partial charge in [0.1, 0.15) is 5.82 Å². The average Bonchev–Trinajstić information content (AvgIpc) is 2.32. The maximum atomic E-state index is 13.4. The second kappa shape index (κ2) is 4.93. The van der Waals surface area contributed by atoms with Gasteiger partial charge in [-0.25, -0.2) is 4.39 Å². The average molecular weight is 233 g/mol. The molecule has 0 radical (unpaired) electrons. The van der Waals surface area contributed by atoms with Gasteiger partial charge >= 0.3 is 0 Å². The molecule has 0 saturated carbocycles. The summed E-state index contributed by atoms with van der Waals surface area (Å²) in [5.41, 5.74) is -0.0221. The van der Waals surface area contributed by atoms with Crippen LogP contribution in [0.25, 0.3) is 0 Å². The molecule has 0 aliphatic carbocycles. The van der Waals surface area contributed by atoms with Crippen LogP contribution in [0, 0.1) is 5.82 Å². The third kappa shape index (κ3) is 2.60. The lowest BCUT2D eigenvalue weighted by Crippen LogP contribution is -2.21. The van der Waals surface area contributed by atoms with Crippen LogP contribution in [0.3, 0.4) is 0 Å². The van der Waals surface area contributed by atoms with Crippen LogP contribution in [0.15, 0.2) is 53.5 Å². The Balaban J connectivity index is 2.23. The second-order valence-corrected chi connectivity index (χ2v) is 3.73. The van der Waals surface area contributed by atoms with E-state index in [1.165, 1.54) is 22.8 Å². The molecule has 1 atom stereocenters. The first-order valence-corrected chi connectivity index (χ1v) is 5.26. The smallest absolute Gasteiger partial charge is 0.250 e. The number of aromatic nitrogens is 1. The van der Waals surface area contributed by atoms with Crippen molar-refractivity contribution in [3.8, 4) is 0 Å². The van der Waals surface area contributed by atoms with Crippen LogP contribution < -0.4 is 5.56 Å². The van der Waals surface area contributed by atoms with E-state index in [4.69, 9.17) is 0 Å². The minimum atomic E-state index is -1.03. The van der Waals surface area contributed by atoms with Gasteiger partial charge in [0.25, 0.3) is 5.56 Å².